The van der Waals surface area contributed by atoms with Crippen LogP contribution < -0.4 is 5.32 Å². The Labute approximate surface area is 125 Å². The van der Waals surface area contributed by atoms with Crippen molar-refractivity contribution in [3.8, 4) is 0 Å². The molecular weight excluding hydrogens is 294 g/mol. The molecule has 0 aliphatic heterocycles. The van der Waals surface area contributed by atoms with E-state index in [1.165, 1.54) is 17.4 Å². The van der Waals surface area contributed by atoms with Crippen LogP contribution in [0.3, 0.4) is 0 Å². The average Bonchev–Trinajstić information content (AvgIpc) is 2.76. The zero-order valence-corrected chi connectivity index (χ0v) is 12.7. The van der Waals surface area contributed by atoms with Crippen molar-refractivity contribution in [2.24, 2.45) is 0 Å². The summed E-state index contributed by atoms with van der Waals surface area (Å²) in [5.74, 6) is -0.457. The lowest BCUT2D eigenvalue weighted by molar-refractivity contribution is -0.383. The Morgan fingerprint density at radius 3 is 2.90 bits per heavy atom. The van der Waals surface area contributed by atoms with Crippen LogP contribution in [0.5, 0.6) is 0 Å². The molecule has 1 aromatic heterocycles. The SMILES string of the molecule is CCOC(=O)C(C)Nc1cc2nc(C)sc2cc1[N+](=O)[O-]. The van der Waals surface area contributed by atoms with Gasteiger partial charge in [-0.1, -0.05) is 0 Å². The number of aryl methyl sites for hydroxylation is 1. The Morgan fingerprint density at radius 1 is 1.57 bits per heavy atom. The van der Waals surface area contributed by atoms with Gasteiger partial charge in [-0.2, -0.15) is 0 Å². The van der Waals surface area contributed by atoms with E-state index >= 15 is 0 Å². The van der Waals surface area contributed by atoms with E-state index in [2.05, 4.69) is 10.3 Å². The molecule has 21 heavy (non-hydrogen) atoms. The molecule has 1 atom stereocenters. The number of thiazole rings is 1. The number of esters is 1. The van der Waals surface area contributed by atoms with Crippen LogP contribution in [0.2, 0.25) is 0 Å². The molecule has 0 radical (unpaired) electrons. The van der Waals surface area contributed by atoms with Crippen LogP contribution in [0.25, 0.3) is 10.2 Å². The zero-order chi connectivity index (χ0) is 15.6. The van der Waals surface area contributed by atoms with Crippen molar-refractivity contribution in [2.45, 2.75) is 26.8 Å². The minimum Gasteiger partial charge on any atom is -0.464 e. The third-order valence-corrected chi connectivity index (χ3v) is 3.76. The number of rotatable bonds is 5. The second-order valence-electron chi connectivity index (χ2n) is 4.45. The number of fused-ring (bicyclic) bond motifs is 1. The Morgan fingerprint density at radius 2 is 2.29 bits per heavy atom. The fourth-order valence-corrected chi connectivity index (χ4v) is 2.75. The predicted octanol–water partition coefficient (Wildman–Crippen LogP) is 2.88. The summed E-state index contributed by atoms with van der Waals surface area (Å²) >= 11 is 1.39. The highest BCUT2D eigenvalue weighted by molar-refractivity contribution is 7.18. The number of ether oxygens (including phenoxy) is 1. The highest BCUT2D eigenvalue weighted by atomic mass is 32.1. The molecule has 0 saturated carbocycles. The molecule has 1 unspecified atom stereocenters. The molecule has 1 aromatic carbocycles. The maximum absolute atomic E-state index is 11.6. The van der Waals surface area contributed by atoms with Gasteiger partial charge in [0, 0.05) is 6.07 Å². The highest BCUT2D eigenvalue weighted by Crippen LogP contribution is 2.33. The van der Waals surface area contributed by atoms with Crippen molar-refractivity contribution >= 4 is 38.9 Å². The molecule has 0 aliphatic rings. The number of hydrogen-bond acceptors (Lipinski definition) is 7. The first kappa shape index (κ1) is 15.2. The first-order chi connectivity index (χ1) is 9.92. The van der Waals surface area contributed by atoms with Crippen LogP contribution >= 0.6 is 11.3 Å². The quantitative estimate of drug-likeness (QED) is 0.518. The number of hydrogen-bond donors (Lipinski definition) is 1. The van der Waals surface area contributed by atoms with Gasteiger partial charge in [-0.3, -0.25) is 10.1 Å². The van der Waals surface area contributed by atoms with Gasteiger partial charge in [-0.05, 0) is 26.8 Å². The first-order valence-corrected chi connectivity index (χ1v) is 7.22. The van der Waals surface area contributed by atoms with Crippen LogP contribution in [-0.2, 0) is 9.53 Å². The fourth-order valence-electron chi connectivity index (χ4n) is 1.90. The van der Waals surface area contributed by atoms with Gasteiger partial charge in [0.25, 0.3) is 5.69 Å². The number of aromatic nitrogens is 1. The molecule has 0 spiro atoms. The third-order valence-electron chi connectivity index (χ3n) is 2.82. The number of carbonyl (C=O) groups is 1. The molecule has 0 amide bonds. The van der Waals surface area contributed by atoms with E-state index in [1.807, 2.05) is 6.92 Å². The monoisotopic (exact) mass is 309 g/mol. The summed E-state index contributed by atoms with van der Waals surface area (Å²) in [6, 6.07) is 2.38. The molecule has 0 fully saturated rings. The average molecular weight is 309 g/mol. The minimum atomic E-state index is -0.680. The molecule has 1 N–H and O–H groups in total. The van der Waals surface area contributed by atoms with Gasteiger partial charge >= 0.3 is 5.97 Å². The van der Waals surface area contributed by atoms with Crippen molar-refractivity contribution in [1.29, 1.82) is 0 Å². The molecule has 1 heterocycles. The summed E-state index contributed by atoms with van der Waals surface area (Å²) in [7, 11) is 0. The van der Waals surface area contributed by atoms with E-state index < -0.39 is 16.9 Å². The first-order valence-electron chi connectivity index (χ1n) is 6.41. The van der Waals surface area contributed by atoms with Crippen molar-refractivity contribution in [3.05, 3.63) is 27.3 Å². The normalized spacial score (nSPS) is 12.1. The van der Waals surface area contributed by atoms with Crippen LogP contribution in [0.4, 0.5) is 11.4 Å². The van der Waals surface area contributed by atoms with Crippen LogP contribution in [0.1, 0.15) is 18.9 Å². The topological polar surface area (TPSA) is 94.4 Å². The smallest absolute Gasteiger partial charge is 0.328 e. The molecule has 0 aliphatic carbocycles. The van der Waals surface area contributed by atoms with Crippen molar-refractivity contribution in [3.63, 3.8) is 0 Å². The summed E-state index contributed by atoms with van der Waals surface area (Å²) in [6.07, 6.45) is 0. The number of nitro benzene ring substituents is 1. The van der Waals surface area contributed by atoms with E-state index in [1.54, 1.807) is 19.9 Å². The van der Waals surface area contributed by atoms with E-state index in [-0.39, 0.29) is 18.0 Å². The molecule has 2 aromatic rings. The van der Waals surface area contributed by atoms with Gasteiger partial charge in [0.1, 0.15) is 11.7 Å². The lowest BCUT2D eigenvalue weighted by atomic mass is 10.2. The zero-order valence-electron chi connectivity index (χ0n) is 11.9. The van der Waals surface area contributed by atoms with Gasteiger partial charge in [-0.25, -0.2) is 9.78 Å². The third kappa shape index (κ3) is 3.27. The fraction of sp³-hybridized carbons (Fsp3) is 0.385. The molecule has 2 rings (SSSR count). The lowest BCUT2D eigenvalue weighted by Gasteiger charge is -2.13. The Kier molecular flexibility index (Phi) is 4.37. The van der Waals surface area contributed by atoms with Gasteiger partial charge in [0.15, 0.2) is 0 Å². The molecule has 112 valence electrons. The standard InChI is InChI=1S/C13H15N3O4S/c1-4-20-13(17)7(2)14-9-5-10-12(21-8(3)15-10)6-11(9)16(18)19/h5-7,14H,4H2,1-3H3. The Hall–Kier alpha value is -2.22. The van der Waals surface area contributed by atoms with E-state index in [4.69, 9.17) is 4.74 Å². The largest absolute Gasteiger partial charge is 0.464 e. The Bertz CT molecular complexity index is 698. The Balaban J connectivity index is 2.38. The summed E-state index contributed by atoms with van der Waals surface area (Å²) in [4.78, 5) is 26.6. The minimum absolute atomic E-state index is 0.0812. The number of nitro groups is 1. The van der Waals surface area contributed by atoms with Gasteiger partial charge < -0.3 is 10.1 Å². The molecule has 0 saturated heterocycles. The van der Waals surface area contributed by atoms with Crippen LogP contribution in [0.15, 0.2) is 12.1 Å². The van der Waals surface area contributed by atoms with Crippen LogP contribution in [-0.4, -0.2) is 28.5 Å². The number of nitrogens with zero attached hydrogens (tertiary/aromatic N) is 2. The summed E-state index contributed by atoms with van der Waals surface area (Å²) < 4.78 is 5.63. The maximum Gasteiger partial charge on any atom is 0.328 e. The van der Waals surface area contributed by atoms with Gasteiger partial charge in [0.05, 0.1) is 26.8 Å². The van der Waals surface area contributed by atoms with E-state index in [0.717, 1.165) is 9.71 Å². The maximum atomic E-state index is 11.6. The highest BCUT2D eigenvalue weighted by Gasteiger charge is 2.21. The second kappa shape index (κ2) is 6.04. The number of carbonyl (C=O) groups excluding carboxylic acids is 1. The van der Waals surface area contributed by atoms with Crippen molar-refractivity contribution < 1.29 is 14.5 Å². The summed E-state index contributed by atoms with van der Waals surface area (Å²) in [5.41, 5.74) is 0.849. The molecule has 0 bridgehead atoms. The van der Waals surface area contributed by atoms with E-state index in [9.17, 15) is 14.9 Å². The van der Waals surface area contributed by atoms with Crippen molar-refractivity contribution in [1.82, 2.24) is 4.98 Å². The summed E-state index contributed by atoms with van der Waals surface area (Å²) in [6.45, 7) is 5.40. The van der Waals surface area contributed by atoms with E-state index in [0.29, 0.717) is 5.52 Å². The number of anilines is 1. The summed E-state index contributed by atoms with van der Waals surface area (Å²) in [5, 5.41) is 14.8. The molecule has 8 heteroatoms. The van der Waals surface area contributed by atoms with Crippen molar-refractivity contribution in [2.75, 3.05) is 11.9 Å². The number of nitrogens with one attached hydrogen (secondary N) is 1. The molecular formula is C13H15N3O4S. The van der Waals surface area contributed by atoms with Gasteiger partial charge in [0.2, 0.25) is 0 Å². The molecule has 7 nitrogen and oxygen atoms in total. The predicted molar refractivity (Wildman–Crippen MR) is 80.7 cm³/mol. The van der Waals surface area contributed by atoms with Crippen LogP contribution in [0, 0.1) is 17.0 Å². The second-order valence-corrected chi connectivity index (χ2v) is 5.68. The number of benzene rings is 1. The lowest BCUT2D eigenvalue weighted by Crippen LogP contribution is -2.28. The van der Waals surface area contributed by atoms with Gasteiger partial charge in [-0.15, -0.1) is 11.3 Å².